The molecule has 2 aliphatic rings. The van der Waals surface area contributed by atoms with Crippen molar-refractivity contribution < 1.29 is 4.79 Å². The molecule has 0 unspecified atom stereocenters. The molecule has 2 heterocycles. The van der Waals surface area contributed by atoms with Gasteiger partial charge >= 0.3 is 0 Å². The number of nitrogens with one attached hydrogen (secondary N) is 1. The minimum absolute atomic E-state index is 0.00778. The molecule has 2 aliphatic heterocycles. The van der Waals surface area contributed by atoms with Gasteiger partial charge < -0.3 is 15.1 Å². The van der Waals surface area contributed by atoms with E-state index in [-0.39, 0.29) is 11.9 Å². The summed E-state index contributed by atoms with van der Waals surface area (Å²) >= 11 is 0. The van der Waals surface area contributed by atoms with Gasteiger partial charge in [-0.3, -0.25) is 9.69 Å². The van der Waals surface area contributed by atoms with Gasteiger partial charge in [-0.1, -0.05) is 37.3 Å². The molecular weight excluding hydrogens is 384 g/mol. The van der Waals surface area contributed by atoms with E-state index in [1.54, 1.807) is 0 Å². The van der Waals surface area contributed by atoms with E-state index in [0.717, 1.165) is 30.3 Å². The van der Waals surface area contributed by atoms with Crippen molar-refractivity contribution >= 4 is 11.6 Å². The number of nitrogens with zero attached hydrogens (tertiary/aromatic N) is 3. The van der Waals surface area contributed by atoms with Crippen LogP contribution in [0, 0.1) is 0 Å². The van der Waals surface area contributed by atoms with Gasteiger partial charge in [0, 0.05) is 56.6 Å². The lowest BCUT2D eigenvalue weighted by Crippen LogP contribution is -2.53. The molecule has 31 heavy (non-hydrogen) atoms. The van der Waals surface area contributed by atoms with Gasteiger partial charge in [-0.15, -0.1) is 0 Å². The van der Waals surface area contributed by atoms with Crippen molar-refractivity contribution in [2.24, 2.45) is 0 Å². The molecule has 4 rings (SSSR count). The Morgan fingerprint density at radius 2 is 1.58 bits per heavy atom. The van der Waals surface area contributed by atoms with Gasteiger partial charge in [0.1, 0.15) is 0 Å². The number of benzene rings is 2. The first-order chi connectivity index (χ1) is 15.1. The number of anilines is 1. The van der Waals surface area contributed by atoms with Gasteiger partial charge in [0.05, 0.1) is 6.04 Å². The highest BCUT2D eigenvalue weighted by Crippen LogP contribution is 2.24. The molecule has 0 spiro atoms. The molecule has 0 saturated carbocycles. The second kappa shape index (κ2) is 10.3. The summed E-state index contributed by atoms with van der Waals surface area (Å²) in [6.07, 6.45) is 2.45. The third kappa shape index (κ3) is 5.46. The second-order valence-electron chi connectivity index (χ2n) is 8.84. The Labute approximate surface area is 187 Å². The van der Waals surface area contributed by atoms with Gasteiger partial charge in [-0.2, -0.15) is 0 Å². The average Bonchev–Trinajstić information content (AvgIpc) is 2.85. The van der Waals surface area contributed by atoms with Crippen LogP contribution >= 0.6 is 0 Å². The summed E-state index contributed by atoms with van der Waals surface area (Å²) < 4.78 is 0. The molecule has 0 aliphatic carbocycles. The number of amides is 1. The van der Waals surface area contributed by atoms with Crippen molar-refractivity contribution in [2.75, 3.05) is 50.7 Å². The maximum absolute atomic E-state index is 12.6. The van der Waals surface area contributed by atoms with Crippen molar-refractivity contribution in [1.29, 1.82) is 0 Å². The monoisotopic (exact) mass is 420 g/mol. The summed E-state index contributed by atoms with van der Waals surface area (Å²) in [6.45, 7) is 12.5. The van der Waals surface area contributed by atoms with E-state index in [1.165, 1.54) is 51.3 Å². The Hall–Kier alpha value is -2.37. The lowest BCUT2D eigenvalue weighted by atomic mass is 10.0. The van der Waals surface area contributed by atoms with Crippen LogP contribution in [0.25, 0.3) is 0 Å². The van der Waals surface area contributed by atoms with Crippen LogP contribution in [-0.2, 0) is 0 Å². The fraction of sp³-hybridized carbons (Fsp3) is 0.500. The lowest BCUT2D eigenvalue weighted by molar-refractivity contribution is 0.0878. The Balaban J connectivity index is 1.27. The number of carbonyl (C=O) groups excluding carboxylic acids is 1. The summed E-state index contributed by atoms with van der Waals surface area (Å²) in [5, 5.41) is 3.10. The molecule has 2 saturated heterocycles. The normalized spacial score (nSPS) is 19.9. The van der Waals surface area contributed by atoms with Crippen molar-refractivity contribution in [2.45, 2.75) is 38.8 Å². The number of carbonyl (C=O) groups is 1. The van der Waals surface area contributed by atoms with Gasteiger partial charge in [0.25, 0.3) is 5.91 Å². The highest BCUT2D eigenvalue weighted by molar-refractivity contribution is 5.94. The summed E-state index contributed by atoms with van der Waals surface area (Å²) in [4.78, 5) is 20.4. The minimum atomic E-state index is -0.0205. The van der Waals surface area contributed by atoms with Crippen molar-refractivity contribution in [1.82, 2.24) is 15.1 Å². The molecule has 2 aromatic carbocycles. The molecule has 1 atom stereocenters. The molecular formula is C26H36N4O. The lowest BCUT2D eigenvalue weighted by Gasteiger charge is -2.43. The number of hydrogen-bond acceptors (Lipinski definition) is 4. The molecule has 0 aromatic heterocycles. The Bertz CT molecular complexity index is 822. The van der Waals surface area contributed by atoms with Crippen molar-refractivity contribution in [3.05, 3.63) is 65.7 Å². The number of likely N-dealkylation sites (N-methyl/N-ethyl adjacent to an activating group) is 1. The minimum Gasteiger partial charge on any atom is -0.371 e. The predicted octanol–water partition coefficient (Wildman–Crippen LogP) is 3.78. The Morgan fingerprint density at radius 1 is 0.935 bits per heavy atom. The largest absolute Gasteiger partial charge is 0.371 e. The van der Waals surface area contributed by atoms with Gasteiger partial charge in [-0.05, 0) is 56.1 Å². The number of piperazine rings is 1. The highest BCUT2D eigenvalue weighted by atomic mass is 16.1. The van der Waals surface area contributed by atoms with E-state index in [2.05, 4.69) is 39.1 Å². The van der Waals surface area contributed by atoms with E-state index in [0.29, 0.717) is 0 Å². The first-order valence-electron chi connectivity index (χ1n) is 11.8. The van der Waals surface area contributed by atoms with Crippen molar-refractivity contribution in [3.8, 4) is 0 Å². The summed E-state index contributed by atoms with van der Waals surface area (Å²) in [5.41, 5.74) is 3.06. The summed E-state index contributed by atoms with van der Waals surface area (Å²) in [6, 6.07) is 18.9. The Morgan fingerprint density at radius 3 is 2.19 bits per heavy atom. The number of piperidine rings is 1. The molecule has 1 amide bonds. The predicted molar refractivity (Wildman–Crippen MR) is 128 cm³/mol. The van der Waals surface area contributed by atoms with Gasteiger partial charge in [-0.25, -0.2) is 0 Å². The quantitative estimate of drug-likeness (QED) is 0.772. The molecule has 0 radical (unpaired) electrons. The number of hydrogen-bond donors (Lipinski definition) is 1. The molecule has 5 nitrogen and oxygen atoms in total. The molecule has 2 fully saturated rings. The fourth-order valence-electron chi connectivity index (χ4n) is 4.86. The SMILES string of the molecule is CCN1CCN(C2CCN(c3ccc(C(=O)N[C@@H](C)c4ccccc4)cc3)CC2)CC1. The van der Waals surface area contributed by atoms with E-state index < -0.39 is 0 Å². The van der Waals surface area contributed by atoms with Crippen LogP contribution in [0.5, 0.6) is 0 Å². The second-order valence-corrected chi connectivity index (χ2v) is 8.84. The van der Waals surface area contributed by atoms with Crippen LogP contribution in [0.1, 0.15) is 48.7 Å². The zero-order valence-electron chi connectivity index (χ0n) is 19.0. The molecule has 2 aromatic rings. The first kappa shape index (κ1) is 21.8. The van der Waals surface area contributed by atoms with Crippen molar-refractivity contribution in [3.63, 3.8) is 0 Å². The van der Waals surface area contributed by atoms with E-state index in [4.69, 9.17) is 0 Å². The van der Waals surface area contributed by atoms with E-state index >= 15 is 0 Å². The highest BCUT2D eigenvalue weighted by Gasteiger charge is 2.27. The topological polar surface area (TPSA) is 38.8 Å². The smallest absolute Gasteiger partial charge is 0.251 e. The molecule has 1 N–H and O–H groups in total. The third-order valence-corrected chi connectivity index (χ3v) is 6.98. The standard InChI is InChI=1S/C26H36N4O/c1-3-28-17-19-30(20-18-28)25-13-15-29(16-14-25)24-11-9-23(10-12-24)26(31)27-21(2)22-7-5-4-6-8-22/h4-12,21,25H,3,13-20H2,1-2H3,(H,27,31)/t21-/m0/s1. The van der Waals surface area contributed by atoms with E-state index in [1.807, 2.05) is 49.4 Å². The zero-order chi connectivity index (χ0) is 21.6. The van der Waals surface area contributed by atoms with Gasteiger partial charge in [0.15, 0.2) is 0 Å². The first-order valence-corrected chi connectivity index (χ1v) is 11.8. The Kier molecular flexibility index (Phi) is 7.25. The molecule has 0 bridgehead atoms. The maximum Gasteiger partial charge on any atom is 0.251 e. The third-order valence-electron chi connectivity index (χ3n) is 6.98. The van der Waals surface area contributed by atoms with Gasteiger partial charge in [0.2, 0.25) is 0 Å². The fourth-order valence-corrected chi connectivity index (χ4v) is 4.86. The maximum atomic E-state index is 12.6. The van der Waals surface area contributed by atoms with E-state index in [9.17, 15) is 4.79 Å². The summed E-state index contributed by atoms with van der Waals surface area (Å²) in [5.74, 6) is -0.0205. The molecule has 166 valence electrons. The summed E-state index contributed by atoms with van der Waals surface area (Å²) in [7, 11) is 0. The number of rotatable bonds is 6. The van der Waals surface area contributed by atoms with Crippen LogP contribution in [0.4, 0.5) is 5.69 Å². The molecule has 5 heteroatoms. The van der Waals surface area contributed by atoms with Crippen LogP contribution in [0.2, 0.25) is 0 Å². The van der Waals surface area contributed by atoms with Crippen LogP contribution in [0.15, 0.2) is 54.6 Å². The van der Waals surface area contributed by atoms with Crippen LogP contribution < -0.4 is 10.2 Å². The van der Waals surface area contributed by atoms with Crippen LogP contribution in [0.3, 0.4) is 0 Å². The average molecular weight is 421 g/mol. The van der Waals surface area contributed by atoms with Crippen LogP contribution in [-0.4, -0.2) is 67.6 Å². The zero-order valence-corrected chi connectivity index (χ0v) is 19.0.